The number of benzene rings is 2. The molecule has 8 heteroatoms. The zero-order chi connectivity index (χ0) is 24.4. The fourth-order valence-electron chi connectivity index (χ4n) is 4.43. The molecular weight excluding hydrogens is 428 g/mol. The molecule has 1 aromatic heterocycles. The number of nitrogens with one attached hydrogen (secondary N) is 1. The van der Waals surface area contributed by atoms with Crippen LogP contribution in [0.15, 0.2) is 36.4 Å². The number of amides is 3. The minimum atomic E-state index is -0.0489. The van der Waals surface area contributed by atoms with Crippen LogP contribution in [0.1, 0.15) is 34.2 Å². The number of carbonyl (C=O) groups excluding carboxylic acids is 2. The standard InChI is InChI=1S/C26H34N6O2/c1-6-32-23-11-10-20(25(33)29(4)5)16-22(23)27-24(32)17-30-12-14-31(15-13-30)26(34)28-21-9-7-8-18(2)19(21)3/h7-11,16H,6,12-15,17H2,1-5H3,(H,28,34). The summed E-state index contributed by atoms with van der Waals surface area (Å²) in [7, 11) is 3.51. The first-order valence-electron chi connectivity index (χ1n) is 11.8. The molecule has 34 heavy (non-hydrogen) atoms. The Morgan fingerprint density at radius 2 is 1.79 bits per heavy atom. The molecule has 180 valence electrons. The highest BCUT2D eigenvalue weighted by atomic mass is 16.2. The van der Waals surface area contributed by atoms with Crippen LogP contribution in [0.2, 0.25) is 0 Å². The zero-order valence-electron chi connectivity index (χ0n) is 20.8. The lowest BCUT2D eigenvalue weighted by Crippen LogP contribution is -2.49. The molecule has 0 unspecified atom stereocenters. The van der Waals surface area contributed by atoms with E-state index in [1.54, 1.807) is 19.0 Å². The molecule has 3 aromatic rings. The molecule has 1 N–H and O–H groups in total. The van der Waals surface area contributed by atoms with Crippen molar-refractivity contribution in [3.05, 3.63) is 58.9 Å². The molecule has 3 amide bonds. The van der Waals surface area contributed by atoms with E-state index < -0.39 is 0 Å². The number of aromatic nitrogens is 2. The smallest absolute Gasteiger partial charge is 0.321 e. The van der Waals surface area contributed by atoms with Gasteiger partial charge in [-0.3, -0.25) is 9.69 Å². The van der Waals surface area contributed by atoms with Crippen LogP contribution in [0.25, 0.3) is 11.0 Å². The molecule has 0 spiro atoms. The van der Waals surface area contributed by atoms with Crippen molar-refractivity contribution in [2.24, 2.45) is 0 Å². The number of hydrogen-bond donors (Lipinski definition) is 1. The number of anilines is 1. The molecule has 0 atom stereocenters. The summed E-state index contributed by atoms with van der Waals surface area (Å²) in [6.45, 7) is 10.6. The minimum absolute atomic E-state index is 0.0234. The molecule has 1 aliphatic heterocycles. The Labute approximate surface area is 201 Å². The predicted molar refractivity (Wildman–Crippen MR) is 135 cm³/mol. The Hall–Kier alpha value is -3.39. The van der Waals surface area contributed by atoms with Crippen molar-refractivity contribution in [1.82, 2.24) is 24.3 Å². The van der Waals surface area contributed by atoms with Crippen LogP contribution in [-0.2, 0) is 13.1 Å². The van der Waals surface area contributed by atoms with E-state index in [9.17, 15) is 9.59 Å². The van der Waals surface area contributed by atoms with Gasteiger partial charge in [0.15, 0.2) is 0 Å². The van der Waals surface area contributed by atoms with Gasteiger partial charge >= 0.3 is 6.03 Å². The second-order valence-electron chi connectivity index (χ2n) is 9.12. The van der Waals surface area contributed by atoms with Crippen molar-refractivity contribution >= 4 is 28.7 Å². The summed E-state index contributed by atoms with van der Waals surface area (Å²) in [5.74, 6) is 0.963. The van der Waals surface area contributed by atoms with Crippen LogP contribution in [-0.4, -0.2) is 76.5 Å². The van der Waals surface area contributed by atoms with Gasteiger partial charge in [-0.15, -0.1) is 0 Å². The first kappa shape index (κ1) is 23.8. The van der Waals surface area contributed by atoms with Crippen LogP contribution in [0.3, 0.4) is 0 Å². The van der Waals surface area contributed by atoms with E-state index in [1.807, 2.05) is 55.1 Å². The van der Waals surface area contributed by atoms with E-state index >= 15 is 0 Å². The van der Waals surface area contributed by atoms with Crippen molar-refractivity contribution in [3.63, 3.8) is 0 Å². The van der Waals surface area contributed by atoms with Crippen molar-refractivity contribution in [2.75, 3.05) is 45.6 Å². The normalized spacial score (nSPS) is 14.4. The number of imidazole rings is 1. The molecule has 1 saturated heterocycles. The van der Waals surface area contributed by atoms with Crippen LogP contribution in [0.5, 0.6) is 0 Å². The lowest BCUT2D eigenvalue weighted by molar-refractivity contribution is 0.0827. The van der Waals surface area contributed by atoms with Crippen LogP contribution < -0.4 is 5.32 Å². The molecule has 0 aliphatic carbocycles. The highest BCUT2D eigenvalue weighted by Gasteiger charge is 2.23. The van der Waals surface area contributed by atoms with E-state index in [4.69, 9.17) is 4.98 Å². The van der Waals surface area contributed by atoms with Crippen molar-refractivity contribution in [3.8, 4) is 0 Å². The third-order valence-corrected chi connectivity index (χ3v) is 6.67. The van der Waals surface area contributed by atoms with Gasteiger partial charge in [0, 0.05) is 58.1 Å². The summed E-state index contributed by atoms with van der Waals surface area (Å²) in [6, 6.07) is 11.7. The summed E-state index contributed by atoms with van der Waals surface area (Å²) in [5.41, 5.74) is 5.67. The lowest BCUT2D eigenvalue weighted by Gasteiger charge is -2.34. The predicted octanol–water partition coefficient (Wildman–Crippen LogP) is 3.72. The van der Waals surface area contributed by atoms with Crippen molar-refractivity contribution in [2.45, 2.75) is 33.9 Å². The average Bonchev–Trinajstić information content (AvgIpc) is 3.17. The van der Waals surface area contributed by atoms with E-state index in [2.05, 4.69) is 21.7 Å². The van der Waals surface area contributed by atoms with Gasteiger partial charge in [-0.2, -0.15) is 0 Å². The van der Waals surface area contributed by atoms with Gasteiger partial charge < -0.3 is 19.7 Å². The van der Waals surface area contributed by atoms with E-state index in [-0.39, 0.29) is 11.9 Å². The first-order valence-corrected chi connectivity index (χ1v) is 11.8. The van der Waals surface area contributed by atoms with E-state index in [1.165, 1.54) is 5.56 Å². The highest BCUT2D eigenvalue weighted by Crippen LogP contribution is 2.21. The molecule has 1 aliphatic rings. The average molecular weight is 463 g/mol. The Balaban J connectivity index is 1.41. The number of aryl methyl sites for hydroxylation is 2. The fraction of sp³-hybridized carbons (Fsp3) is 0.423. The molecule has 0 saturated carbocycles. The second kappa shape index (κ2) is 9.85. The molecule has 4 rings (SSSR count). The van der Waals surface area contributed by atoms with Gasteiger partial charge in [-0.25, -0.2) is 9.78 Å². The molecule has 0 radical (unpaired) electrons. The number of nitrogens with zero attached hydrogens (tertiary/aromatic N) is 5. The first-order chi connectivity index (χ1) is 16.3. The Kier molecular flexibility index (Phi) is 6.88. The van der Waals surface area contributed by atoms with Crippen molar-refractivity contribution in [1.29, 1.82) is 0 Å². The quantitative estimate of drug-likeness (QED) is 0.627. The van der Waals surface area contributed by atoms with Crippen LogP contribution >= 0.6 is 0 Å². The molecular formula is C26H34N6O2. The maximum Gasteiger partial charge on any atom is 0.321 e. The van der Waals surface area contributed by atoms with E-state index in [0.717, 1.165) is 47.7 Å². The Bertz CT molecular complexity index is 1210. The zero-order valence-corrected chi connectivity index (χ0v) is 20.8. The van der Waals surface area contributed by atoms with Gasteiger partial charge in [0.25, 0.3) is 5.91 Å². The monoisotopic (exact) mass is 462 g/mol. The molecule has 1 fully saturated rings. The molecule has 2 heterocycles. The Morgan fingerprint density at radius 3 is 2.47 bits per heavy atom. The largest absolute Gasteiger partial charge is 0.345 e. The summed E-state index contributed by atoms with van der Waals surface area (Å²) in [6.07, 6.45) is 0. The number of piperazine rings is 1. The van der Waals surface area contributed by atoms with Gasteiger partial charge in [-0.05, 0) is 56.2 Å². The summed E-state index contributed by atoms with van der Waals surface area (Å²) in [4.78, 5) is 35.8. The van der Waals surface area contributed by atoms with Crippen LogP contribution in [0.4, 0.5) is 10.5 Å². The summed E-state index contributed by atoms with van der Waals surface area (Å²) in [5, 5.41) is 3.06. The maximum atomic E-state index is 12.8. The minimum Gasteiger partial charge on any atom is -0.345 e. The third kappa shape index (κ3) is 4.77. The third-order valence-electron chi connectivity index (χ3n) is 6.67. The summed E-state index contributed by atoms with van der Waals surface area (Å²) >= 11 is 0. The van der Waals surface area contributed by atoms with Gasteiger partial charge in [0.1, 0.15) is 5.82 Å². The maximum absolute atomic E-state index is 12.8. The van der Waals surface area contributed by atoms with E-state index in [0.29, 0.717) is 25.2 Å². The lowest BCUT2D eigenvalue weighted by atomic mass is 10.1. The molecule has 8 nitrogen and oxygen atoms in total. The van der Waals surface area contributed by atoms with Crippen molar-refractivity contribution < 1.29 is 9.59 Å². The number of rotatable bonds is 5. The number of hydrogen-bond acceptors (Lipinski definition) is 4. The number of urea groups is 1. The fourth-order valence-corrected chi connectivity index (χ4v) is 4.43. The molecule has 2 aromatic carbocycles. The number of fused-ring (bicyclic) bond motifs is 1. The number of carbonyl (C=O) groups is 2. The van der Waals surface area contributed by atoms with Gasteiger partial charge in [0.2, 0.25) is 0 Å². The van der Waals surface area contributed by atoms with Gasteiger partial charge in [-0.1, -0.05) is 12.1 Å². The van der Waals surface area contributed by atoms with Crippen LogP contribution in [0, 0.1) is 13.8 Å². The second-order valence-corrected chi connectivity index (χ2v) is 9.12. The topological polar surface area (TPSA) is 73.7 Å². The Morgan fingerprint density at radius 1 is 1.06 bits per heavy atom. The summed E-state index contributed by atoms with van der Waals surface area (Å²) < 4.78 is 2.21. The van der Waals surface area contributed by atoms with Gasteiger partial charge in [0.05, 0.1) is 17.6 Å². The highest BCUT2D eigenvalue weighted by molar-refractivity contribution is 5.97. The molecule has 0 bridgehead atoms. The SMILES string of the molecule is CCn1c(CN2CCN(C(=O)Nc3cccc(C)c3C)CC2)nc2cc(C(=O)N(C)C)ccc21.